The van der Waals surface area contributed by atoms with Crippen LogP contribution in [0.2, 0.25) is 0 Å². The zero-order valence-electron chi connectivity index (χ0n) is 11.1. The SMILES string of the molecule is Cc1nc(C(=N)NC(=O)O)c(C)c(-c2ccccc2)n1. The van der Waals surface area contributed by atoms with E-state index in [9.17, 15) is 4.79 Å². The molecule has 1 aromatic heterocycles. The van der Waals surface area contributed by atoms with Crippen molar-refractivity contribution in [3.05, 3.63) is 47.4 Å². The number of aryl methyl sites for hydroxylation is 1. The molecule has 0 fully saturated rings. The van der Waals surface area contributed by atoms with Gasteiger partial charge in [0.1, 0.15) is 11.5 Å². The van der Waals surface area contributed by atoms with Crippen LogP contribution in [0.5, 0.6) is 0 Å². The second kappa shape index (κ2) is 5.48. The van der Waals surface area contributed by atoms with E-state index in [4.69, 9.17) is 10.5 Å². The van der Waals surface area contributed by atoms with E-state index in [2.05, 4.69) is 9.97 Å². The molecule has 3 N–H and O–H groups in total. The largest absolute Gasteiger partial charge is 0.465 e. The topological polar surface area (TPSA) is 99.0 Å². The standard InChI is InChI=1S/C14H14N4O2/c1-8-11(10-6-4-3-5-7-10)16-9(2)17-12(8)13(15)18-14(19)20/h3-7H,1-2H3,(H2,15,18)(H,19,20). The van der Waals surface area contributed by atoms with Gasteiger partial charge < -0.3 is 5.11 Å². The Balaban J connectivity index is 2.53. The van der Waals surface area contributed by atoms with Gasteiger partial charge in [-0.15, -0.1) is 0 Å². The van der Waals surface area contributed by atoms with Crippen molar-refractivity contribution in [1.29, 1.82) is 5.41 Å². The molecule has 0 aliphatic carbocycles. The van der Waals surface area contributed by atoms with Crippen molar-refractivity contribution in [2.75, 3.05) is 0 Å². The maximum Gasteiger partial charge on any atom is 0.410 e. The molecule has 1 aromatic carbocycles. The molecule has 0 atom stereocenters. The van der Waals surface area contributed by atoms with Crippen LogP contribution in [0.4, 0.5) is 4.79 Å². The summed E-state index contributed by atoms with van der Waals surface area (Å²) in [6, 6.07) is 9.51. The molecule has 0 unspecified atom stereocenters. The number of amidine groups is 1. The maximum atomic E-state index is 10.6. The fraction of sp³-hybridized carbons (Fsp3) is 0.143. The molecule has 0 aliphatic heterocycles. The van der Waals surface area contributed by atoms with Crippen LogP contribution in [0.3, 0.4) is 0 Å². The molecule has 1 heterocycles. The summed E-state index contributed by atoms with van der Waals surface area (Å²) >= 11 is 0. The first-order chi connectivity index (χ1) is 9.49. The number of rotatable bonds is 2. The van der Waals surface area contributed by atoms with Crippen LogP contribution in [-0.4, -0.2) is 27.0 Å². The highest BCUT2D eigenvalue weighted by molar-refractivity contribution is 6.04. The number of amides is 1. The van der Waals surface area contributed by atoms with Crippen molar-refractivity contribution >= 4 is 11.9 Å². The zero-order valence-corrected chi connectivity index (χ0v) is 11.1. The molecule has 0 saturated heterocycles. The molecule has 2 rings (SSSR count). The quantitative estimate of drug-likeness (QED) is 0.576. The van der Waals surface area contributed by atoms with Crippen LogP contribution >= 0.6 is 0 Å². The first kappa shape index (κ1) is 13.7. The van der Waals surface area contributed by atoms with Gasteiger partial charge in [-0.25, -0.2) is 14.8 Å². The molecule has 0 aliphatic rings. The summed E-state index contributed by atoms with van der Waals surface area (Å²) in [5, 5.41) is 18.5. The number of hydrogen-bond donors (Lipinski definition) is 3. The lowest BCUT2D eigenvalue weighted by atomic mass is 10.0. The minimum Gasteiger partial charge on any atom is -0.465 e. The summed E-state index contributed by atoms with van der Waals surface area (Å²) in [5.74, 6) is 0.235. The van der Waals surface area contributed by atoms with E-state index in [0.29, 0.717) is 22.8 Å². The lowest BCUT2D eigenvalue weighted by molar-refractivity contribution is 0.200. The van der Waals surface area contributed by atoms with Gasteiger partial charge in [0.25, 0.3) is 0 Å². The first-order valence-electron chi connectivity index (χ1n) is 5.98. The average molecular weight is 270 g/mol. The predicted octanol–water partition coefficient (Wildman–Crippen LogP) is 2.35. The third-order valence-electron chi connectivity index (χ3n) is 2.77. The van der Waals surface area contributed by atoms with Gasteiger partial charge >= 0.3 is 6.09 Å². The fourth-order valence-corrected chi connectivity index (χ4v) is 1.92. The Bertz CT molecular complexity index is 668. The third kappa shape index (κ3) is 2.80. The second-order valence-corrected chi connectivity index (χ2v) is 4.26. The van der Waals surface area contributed by atoms with E-state index in [1.54, 1.807) is 13.8 Å². The van der Waals surface area contributed by atoms with Crippen molar-refractivity contribution in [3.63, 3.8) is 0 Å². The van der Waals surface area contributed by atoms with E-state index in [1.807, 2.05) is 35.6 Å². The Morgan fingerprint density at radius 3 is 2.45 bits per heavy atom. The first-order valence-corrected chi connectivity index (χ1v) is 5.98. The Hall–Kier alpha value is -2.76. The highest BCUT2D eigenvalue weighted by Crippen LogP contribution is 2.22. The third-order valence-corrected chi connectivity index (χ3v) is 2.77. The van der Waals surface area contributed by atoms with Crippen LogP contribution in [0, 0.1) is 19.3 Å². The van der Waals surface area contributed by atoms with Crippen molar-refractivity contribution < 1.29 is 9.90 Å². The molecule has 6 heteroatoms. The van der Waals surface area contributed by atoms with Gasteiger partial charge in [0.05, 0.1) is 5.69 Å². The number of benzene rings is 1. The summed E-state index contributed by atoms with van der Waals surface area (Å²) in [5.41, 5.74) is 2.56. The molecule has 6 nitrogen and oxygen atoms in total. The summed E-state index contributed by atoms with van der Waals surface area (Å²) in [6.45, 7) is 3.48. The monoisotopic (exact) mass is 270 g/mol. The zero-order chi connectivity index (χ0) is 14.7. The van der Waals surface area contributed by atoms with E-state index in [1.165, 1.54) is 0 Å². The normalized spacial score (nSPS) is 10.1. The van der Waals surface area contributed by atoms with Gasteiger partial charge in [-0.1, -0.05) is 30.3 Å². The number of carboxylic acid groups (broad SMARTS) is 1. The van der Waals surface area contributed by atoms with Crippen LogP contribution in [0.25, 0.3) is 11.3 Å². The lowest BCUT2D eigenvalue weighted by Crippen LogP contribution is -2.30. The molecule has 0 bridgehead atoms. The number of hydrogen-bond acceptors (Lipinski definition) is 4. The van der Waals surface area contributed by atoms with Gasteiger partial charge in [0.15, 0.2) is 5.84 Å². The molecular formula is C14H14N4O2. The van der Waals surface area contributed by atoms with Crippen LogP contribution in [-0.2, 0) is 0 Å². The number of aromatic nitrogens is 2. The molecule has 2 aromatic rings. The van der Waals surface area contributed by atoms with Crippen molar-refractivity contribution in [1.82, 2.24) is 15.3 Å². The van der Waals surface area contributed by atoms with E-state index >= 15 is 0 Å². The molecular weight excluding hydrogens is 256 g/mol. The van der Waals surface area contributed by atoms with Gasteiger partial charge in [0, 0.05) is 11.1 Å². The smallest absolute Gasteiger partial charge is 0.410 e. The number of nitrogens with zero attached hydrogens (tertiary/aromatic N) is 2. The maximum absolute atomic E-state index is 10.6. The highest BCUT2D eigenvalue weighted by Gasteiger charge is 2.15. The van der Waals surface area contributed by atoms with E-state index < -0.39 is 6.09 Å². The van der Waals surface area contributed by atoms with Gasteiger partial charge in [0.2, 0.25) is 0 Å². The Kier molecular flexibility index (Phi) is 3.74. The number of nitrogens with one attached hydrogen (secondary N) is 2. The molecule has 1 amide bonds. The van der Waals surface area contributed by atoms with Crippen LogP contribution in [0.15, 0.2) is 30.3 Å². The van der Waals surface area contributed by atoms with E-state index in [-0.39, 0.29) is 5.84 Å². The van der Waals surface area contributed by atoms with Crippen molar-refractivity contribution in [3.8, 4) is 11.3 Å². The average Bonchev–Trinajstić information content (AvgIpc) is 2.41. The summed E-state index contributed by atoms with van der Waals surface area (Å²) in [4.78, 5) is 19.2. The molecule has 0 spiro atoms. The van der Waals surface area contributed by atoms with Crippen LogP contribution in [0.1, 0.15) is 17.1 Å². The van der Waals surface area contributed by atoms with Crippen LogP contribution < -0.4 is 5.32 Å². The Morgan fingerprint density at radius 1 is 1.20 bits per heavy atom. The van der Waals surface area contributed by atoms with Gasteiger partial charge in [-0.05, 0) is 13.8 Å². The number of carbonyl (C=O) groups is 1. The lowest BCUT2D eigenvalue weighted by Gasteiger charge is -2.12. The van der Waals surface area contributed by atoms with E-state index in [0.717, 1.165) is 5.56 Å². The minimum atomic E-state index is -1.29. The molecule has 20 heavy (non-hydrogen) atoms. The highest BCUT2D eigenvalue weighted by atomic mass is 16.4. The molecule has 102 valence electrons. The molecule has 0 saturated carbocycles. The summed E-state index contributed by atoms with van der Waals surface area (Å²) in [6.07, 6.45) is -1.29. The minimum absolute atomic E-state index is 0.252. The van der Waals surface area contributed by atoms with Gasteiger partial charge in [-0.2, -0.15) is 0 Å². The van der Waals surface area contributed by atoms with Crippen molar-refractivity contribution in [2.24, 2.45) is 0 Å². The Morgan fingerprint density at radius 2 is 1.85 bits per heavy atom. The summed E-state index contributed by atoms with van der Waals surface area (Å²) < 4.78 is 0. The van der Waals surface area contributed by atoms with Crippen molar-refractivity contribution in [2.45, 2.75) is 13.8 Å². The molecule has 0 radical (unpaired) electrons. The van der Waals surface area contributed by atoms with Gasteiger partial charge in [-0.3, -0.25) is 10.7 Å². The fourth-order valence-electron chi connectivity index (χ4n) is 1.92. The second-order valence-electron chi connectivity index (χ2n) is 4.26. The summed E-state index contributed by atoms with van der Waals surface area (Å²) in [7, 11) is 0. The predicted molar refractivity (Wildman–Crippen MR) is 74.9 cm³/mol. The Labute approximate surface area is 116 Å².